The third kappa shape index (κ3) is 4.48. The fourth-order valence-electron chi connectivity index (χ4n) is 3.14. The minimum Gasteiger partial charge on any atom is -0.461 e. The number of aromatic nitrogens is 2. The summed E-state index contributed by atoms with van der Waals surface area (Å²) in [5.74, 6) is 1.85. The zero-order valence-corrected chi connectivity index (χ0v) is 14.9. The monoisotopic (exact) mass is 346 g/mol. The fraction of sp³-hybridized carbons (Fsp3) is 0.611. The molecule has 0 aromatic carbocycles. The summed E-state index contributed by atoms with van der Waals surface area (Å²) in [4.78, 5) is 18.6. The van der Waals surface area contributed by atoms with Gasteiger partial charge in [-0.2, -0.15) is 4.98 Å². The molecule has 0 saturated carbocycles. The zero-order valence-electron chi connectivity index (χ0n) is 14.9. The molecule has 1 N–H and O–H groups in total. The number of unbranched alkanes of at least 4 members (excludes halogenated alkanes) is 1. The highest BCUT2D eigenvalue weighted by Crippen LogP contribution is 2.25. The third-order valence-electron chi connectivity index (χ3n) is 4.74. The molecule has 7 nitrogen and oxygen atoms in total. The highest BCUT2D eigenvalue weighted by atomic mass is 16.5. The zero-order chi connectivity index (χ0) is 17.6. The van der Waals surface area contributed by atoms with Gasteiger partial charge in [-0.05, 0) is 38.3 Å². The van der Waals surface area contributed by atoms with Crippen molar-refractivity contribution in [2.24, 2.45) is 0 Å². The van der Waals surface area contributed by atoms with Crippen molar-refractivity contribution in [1.82, 2.24) is 20.4 Å². The van der Waals surface area contributed by atoms with E-state index in [0.29, 0.717) is 23.9 Å². The van der Waals surface area contributed by atoms with E-state index >= 15 is 0 Å². The number of amides is 1. The summed E-state index contributed by atoms with van der Waals surface area (Å²) in [5, 5.41) is 7.14. The van der Waals surface area contributed by atoms with Crippen LogP contribution in [0.3, 0.4) is 0 Å². The van der Waals surface area contributed by atoms with Crippen LogP contribution in [0.1, 0.15) is 57.9 Å². The van der Waals surface area contributed by atoms with E-state index in [2.05, 4.69) is 34.2 Å². The molecule has 1 aliphatic rings. The molecule has 3 rings (SSSR count). The molecule has 2 aromatic rings. The van der Waals surface area contributed by atoms with Crippen LogP contribution in [-0.4, -0.2) is 40.1 Å². The quantitative estimate of drug-likeness (QED) is 0.829. The minimum atomic E-state index is 0.0490. The SMILES string of the molecule is CCCCC(=O)NC1CCN(C(C)c2nc(-c3ccco3)no2)CC1. The maximum atomic E-state index is 11.9. The molecule has 1 atom stereocenters. The first kappa shape index (κ1) is 17.7. The van der Waals surface area contributed by atoms with Crippen molar-refractivity contribution < 1.29 is 13.7 Å². The standard InChI is InChI=1S/C18H26N4O3/c1-3-4-7-16(23)19-14-8-10-22(11-9-14)13(2)18-20-17(21-25-18)15-6-5-12-24-15/h5-6,12-14H,3-4,7-11H2,1-2H3,(H,19,23). The van der Waals surface area contributed by atoms with Crippen molar-refractivity contribution in [3.8, 4) is 11.6 Å². The second-order valence-corrected chi connectivity index (χ2v) is 6.59. The highest BCUT2D eigenvalue weighted by molar-refractivity contribution is 5.76. The largest absolute Gasteiger partial charge is 0.461 e. The molecule has 3 heterocycles. The number of piperidine rings is 1. The topological polar surface area (TPSA) is 84.4 Å². The number of carbonyl (C=O) groups is 1. The van der Waals surface area contributed by atoms with Gasteiger partial charge in [0, 0.05) is 25.6 Å². The predicted molar refractivity (Wildman–Crippen MR) is 92.7 cm³/mol. The molecule has 0 bridgehead atoms. The van der Waals surface area contributed by atoms with Crippen LogP contribution in [0.25, 0.3) is 11.6 Å². The molecule has 0 aliphatic carbocycles. The van der Waals surface area contributed by atoms with E-state index in [1.807, 2.05) is 6.07 Å². The Kier molecular flexibility index (Phi) is 5.86. The van der Waals surface area contributed by atoms with E-state index in [1.54, 1.807) is 12.3 Å². The number of nitrogens with zero attached hydrogens (tertiary/aromatic N) is 3. The van der Waals surface area contributed by atoms with E-state index < -0.39 is 0 Å². The lowest BCUT2D eigenvalue weighted by molar-refractivity contribution is -0.122. The number of likely N-dealkylation sites (tertiary alicyclic amines) is 1. The van der Waals surface area contributed by atoms with Crippen LogP contribution in [0.2, 0.25) is 0 Å². The van der Waals surface area contributed by atoms with Crippen molar-refractivity contribution in [3.63, 3.8) is 0 Å². The van der Waals surface area contributed by atoms with Gasteiger partial charge in [-0.3, -0.25) is 9.69 Å². The van der Waals surface area contributed by atoms with Crippen molar-refractivity contribution in [2.45, 2.75) is 58.0 Å². The highest BCUT2D eigenvalue weighted by Gasteiger charge is 2.27. The molecular formula is C18H26N4O3. The van der Waals surface area contributed by atoms with Crippen molar-refractivity contribution in [2.75, 3.05) is 13.1 Å². The Balaban J connectivity index is 1.50. The number of rotatable bonds is 7. The van der Waals surface area contributed by atoms with Crippen molar-refractivity contribution in [1.29, 1.82) is 0 Å². The van der Waals surface area contributed by atoms with Crippen molar-refractivity contribution >= 4 is 5.91 Å². The normalized spacial score (nSPS) is 17.5. The van der Waals surface area contributed by atoms with E-state index in [4.69, 9.17) is 8.94 Å². The molecule has 0 radical (unpaired) electrons. The van der Waals surface area contributed by atoms with Gasteiger partial charge in [-0.1, -0.05) is 18.5 Å². The van der Waals surface area contributed by atoms with E-state index in [1.165, 1.54) is 0 Å². The van der Waals surface area contributed by atoms with Crippen LogP contribution >= 0.6 is 0 Å². The summed E-state index contributed by atoms with van der Waals surface area (Å²) < 4.78 is 10.7. The first-order valence-electron chi connectivity index (χ1n) is 9.08. The lowest BCUT2D eigenvalue weighted by atomic mass is 10.0. The molecule has 1 fully saturated rings. The Hall–Kier alpha value is -2.15. The number of hydrogen-bond acceptors (Lipinski definition) is 6. The molecule has 7 heteroatoms. The Labute approximate surface area is 147 Å². The smallest absolute Gasteiger partial charge is 0.244 e. The van der Waals surface area contributed by atoms with Gasteiger partial charge in [0.15, 0.2) is 5.76 Å². The third-order valence-corrected chi connectivity index (χ3v) is 4.74. The van der Waals surface area contributed by atoms with E-state index in [0.717, 1.165) is 38.8 Å². The van der Waals surface area contributed by atoms with Gasteiger partial charge in [-0.15, -0.1) is 0 Å². The first-order valence-corrected chi connectivity index (χ1v) is 9.08. The van der Waals surface area contributed by atoms with Crippen LogP contribution in [0.4, 0.5) is 0 Å². The first-order chi connectivity index (χ1) is 12.2. The average Bonchev–Trinajstić information content (AvgIpc) is 3.31. The second kappa shape index (κ2) is 8.29. The van der Waals surface area contributed by atoms with Crippen LogP contribution in [0.5, 0.6) is 0 Å². The van der Waals surface area contributed by atoms with Crippen LogP contribution in [-0.2, 0) is 4.79 Å². The van der Waals surface area contributed by atoms with Gasteiger partial charge in [0.25, 0.3) is 0 Å². The predicted octanol–water partition coefficient (Wildman–Crippen LogP) is 3.16. The van der Waals surface area contributed by atoms with Crippen LogP contribution in [0.15, 0.2) is 27.3 Å². The Morgan fingerprint density at radius 1 is 1.44 bits per heavy atom. The maximum Gasteiger partial charge on any atom is 0.244 e. The van der Waals surface area contributed by atoms with Gasteiger partial charge in [0.2, 0.25) is 17.6 Å². The van der Waals surface area contributed by atoms with Crippen molar-refractivity contribution in [3.05, 3.63) is 24.3 Å². The molecule has 1 aliphatic heterocycles. The lowest BCUT2D eigenvalue weighted by Crippen LogP contribution is -2.45. The minimum absolute atomic E-state index is 0.0490. The number of nitrogens with one attached hydrogen (secondary N) is 1. The van der Waals surface area contributed by atoms with Gasteiger partial charge in [-0.25, -0.2) is 0 Å². The Morgan fingerprint density at radius 2 is 2.24 bits per heavy atom. The van der Waals surface area contributed by atoms with E-state index in [-0.39, 0.29) is 18.0 Å². The Bertz CT molecular complexity index is 660. The van der Waals surface area contributed by atoms with Crippen LogP contribution in [0, 0.1) is 0 Å². The number of furan rings is 1. The molecule has 136 valence electrons. The molecule has 1 amide bonds. The lowest BCUT2D eigenvalue weighted by Gasteiger charge is -2.34. The summed E-state index contributed by atoms with van der Waals surface area (Å²) >= 11 is 0. The van der Waals surface area contributed by atoms with E-state index in [9.17, 15) is 4.79 Å². The average molecular weight is 346 g/mol. The number of carbonyl (C=O) groups excluding carboxylic acids is 1. The fourth-order valence-corrected chi connectivity index (χ4v) is 3.14. The van der Waals surface area contributed by atoms with Gasteiger partial charge < -0.3 is 14.3 Å². The van der Waals surface area contributed by atoms with Crippen LogP contribution < -0.4 is 5.32 Å². The molecule has 25 heavy (non-hydrogen) atoms. The summed E-state index contributed by atoms with van der Waals surface area (Å²) in [5.41, 5.74) is 0. The molecule has 2 aromatic heterocycles. The summed E-state index contributed by atoms with van der Waals surface area (Å²) in [6.07, 6.45) is 6.12. The Morgan fingerprint density at radius 3 is 2.92 bits per heavy atom. The number of hydrogen-bond donors (Lipinski definition) is 1. The summed E-state index contributed by atoms with van der Waals surface area (Å²) in [7, 11) is 0. The maximum absolute atomic E-state index is 11.9. The second-order valence-electron chi connectivity index (χ2n) is 6.59. The van der Waals surface area contributed by atoms with Gasteiger partial charge in [0.05, 0.1) is 12.3 Å². The van der Waals surface area contributed by atoms with Gasteiger partial charge >= 0.3 is 0 Å². The van der Waals surface area contributed by atoms with Gasteiger partial charge in [0.1, 0.15) is 0 Å². The summed E-state index contributed by atoms with van der Waals surface area (Å²) in [6, 6.07) is 3.93. The summed E-state index contributed by atoms with van der Waals surface area (Å²) in [6.45, 7) is 5.97. The molecular weight excluding hydrogens is 320 g/mol. The molecule has 1 saturated heterocycles. The molecule has 0 spiro atoms. The molecule has 1 unspecified atom stereocenters.